The third kappa shape index (κ3) is 1.12. The van der Waals surface area contributed by atoms with Crippen LogP contribution in [0.25, 0.3) is 0 Å². The standard InChI is InChI=1S/C13H14O/c14-13-8-10-5-6-11(13)7-9-3-1-2-4-12(9)10/h1-4,10-11H,5-8H2. The van der Waals surface area contributed by atoms with Crippen molar-refractivity contribution in [3.63, 3.8) is 0 Å². The van der Waals surface area contributed by atoms with E-state index in [1.807, 2.05) is 0 Å². The van der Waals surface area contributed by atoms with Crippen LogP contribution in [0.3, 0.4) is 0 Å². The van der Waals surface area contributed by atoms with Crippen LogP contribution in [0.2, 0.25) is 0 Å². The van der Waals surface area contributed by atoms with Gasteiger partial charge in [0, 0.05) is 12.3 Å². The summed E-state index contributed by atoms with van der Waals surface area (Å²) in [6, 6.07) is 8.59. The van der Waals surface area contributed by atoms with Crippen molar-refractivity contribution in [2.45, 2.75) is 31.6 Å². The van der Waals surface area contributed by atoms with Crippen molar-refractivity contribution < 1.29 is 4.79 Å². The normalized spacial score (nSPS) is 29.9. The van der Waals surface area contributed by atoms with E-state index in [0.717, 1.165) is 19.3 Å². The van der Waals surface area contributed by atoms with Crippen molar-refractivity contribution in [2.75, 3.05) is 0 Å². The van der Waals surface area contributed by atoms with Crippen molar-refractivity contribution >= 4 is 5.78 Å². The second kappa shape index (κ2) is 2.94. The molecule has 4 rings (SSSR count). The minimum absolute atomic E-state index is 0.329. The lowest BCUT2D eigenvalue weighted by Gasteiger charge is -2.22. The molecular weight excluding hydrogens is 172 g/mol. The van der Waals surface area contributed by atoms with Gasteiger partial charge in [0.1, 0.15) is 5.78 Å². The summed E-state index contributed by atoms with van der Waals surface area (Å²) in [4.78, 5) is 11.7. The van der Waals surface area contributed by atoms with Gasteiger partial charge in [0.25, 0.3) is 0 Å². The summed E-state index contributed by atoms with van der Waals surface area (Å²) < 4.78 is 0. The van der Waals surface area contributed by atoms with E-state index in [1.54, 1.807) is 0 Å². The molecule has 0 aromatic heterocycles. The molecule has 1 aromatic rings. The third-order valence-electron chi connectivity index (χ3n) is 3.73. The second-order valence-electron chi connectivity index (χ2n) is 4.54. The highest BCUT2D eigenvalue weighted by Gasteiger charge is 2.34. The zero-order chi connectivity index (χ0) is 9.54. The first-order valence-corrected chi connectivity index (χ1v) is 5.45. The lowest BCUT2D eigenvalue weighted by Crippen LogP contribution is -2.21. The highest BCUT2D eigenvalue weighted by molar-refractivity contribution is 5.84. The van der Waals surface area contributed by atoms with Gasteiger partial charge in [-0.3, -0.25) is 4.79 Å². The van der Waals surface area contributed by atoms with Crippen LogP contribution in [0.15, 0.2) is 24.3 Å². The van der Waals surface area contributed by atoms with E-state index in [4.69, 9.17) is 0 Å². The van der Waals surface area contributed by atoms with Crippen LogP contribution in [0.1, 0.15) is 36.3 Å². The molecule has 1 aromatic carbocycles. The molecule has 1 nitrogen and oxygen atoms in total. The molecule has 1 fully saturated rings. The number of hydrogen-bond acceptors (Lipinski definition) is 1. The summed E-state index contributed by atoms with van der Waals surface area (Å²) in [6.07, 6.45) is 4.11. The smallest absolute Gasteiger partial charge is 0.136 e. The highest BCUT2D eigenvalue weighted by Crippen LogP contribution is 2.40. The Morgan fingerprint density at radius 2 is 1.79 bits per heavy atom. The largest absolute Gasteiger partial charge is 0.299 e. The van der Waals surface area contributed by atoms with Crippen molar-refractivity contribution in [3.8, 4) is 0 Å². The minimum Gasteiger partial charge on any atom is -0.299 e. The average molecular weight is 186 g/mol. The summed E-state index contributed by atoms with van der Waals surface area (Å²) in [6.45, 7) is 0. The van der Waals surface area contributed by atoms with Gasteiger partial charge < -0.3 is 0 Å². The van der Waals surface area contributed by atoms with Crippen LogP contribution in [0.4, 0.5) is 0 Å². The summed E-state index contributed by atoms with van der Waals surface area (Å²) in [5.41, 5.74) is 2.87. The summed E-state index contributed by atoms with van der Waals surface area (Å²) in [7, 11) is 0. The number of hydrogen-bond donors (Lipinski definition) is 0. The second-order valence-corrected chi connectivity index (χ2v) is 4.54. The predicted molar refractivity (Wildman–Crippen MR) is 55.2 cm³/mol. The van der Waals surface area contributed by atoms with E-state index in [-0.39, 0.29) is 0 Å². The van der Waals surface area contributed by atoms with Crippen molar-refractivity contribution in [2.24, 2.45) is 5.92 Å². The summed E-state index contributed by atoms with van der Waals surface area (Å²) in [5.74, 6) is 1.35. The molecular formula is C13H14O. The molecule has 0 N–H and O–H groups in total. The zero-order valence-corrected chi connectivity index (χ0v) is 8.20. The van der Waals surface area contributed by atoms with E-state index < -0.39 is 0 Å². The molecule has 72 valence electrons. The monoisotopic (exact) mass is 186 g/mol. The maximum Gasteiger partial charge on any atom is 0.136 e. The Morgan fingerprint density at radius 3 is 2.64 bits per heavy atom. The van der Waals surface area contributed by atoms with Crippen molar-refractivity contribution in [3.05, 3.63) is 35.4 Å². The molecule has 0 heterocycles. The van der Waals surface area contributed by atoms with Gasteiger partial charge in [0.2, 0.25) is 0 Å². The molecule has 3 aliphatic rings. The molecule has 0 radical (unpaired) electrons. The van der Waals surface area contributed by atoms with Gasteiger partial charge in [-0.05, 0) is 36.3 Å². The molecule has 1 saturated carbocycles. The molecule has 0 spiro atoms. The third-order valence-corrected chi connectivity index (χ3v) is 3.73. The average Bonchev–Trinajstić information content (AvgIpc) is 2.46. The Hall–Kier alpha value is -1.11. The molecule has 2 bridgehead atoms. The Bertz CT molecular complexity index is 381. The Morgan fingerprint density at radius 1 is 1.00 bits per heavy atom. The topological polar surface area (TPSA) is 17.1 Å². The Kier molecular flexibility index (Phi) is 1.73. The first-order valence-electron chi connectivity index (χ1n) is 5.45. The number of Topliss-reactive ketones (excluding diaryl/α,β-unsaturated/α-hetero) is 1. The van der Waals surface area contributed by atoms with E-state index in [2.05, 4.69) is 24.3 Å². The van der Waals surface area contributed by atoms with Gasteiger partial charge in [-0.1, -0.05) is 24.3 Å². The lowest BCUT2D eigenvalue weighted by atomic mass is 9.81. The van der Waals surface area contributed by atoms with Crippen LogP contribution in [0.5, 0.6) is 0 Å². The molecule has 14 heavy (non-hydrogen) atoms. The van der Waals surface area contributed by atoms with Gasteiger partial charge in [-0.2, -0.15) is 0 Å². The fraction of sp³-hybridized carbons (Fsp3) is 0.462. The number of carbonyl (C=O) groups excluding carboxylic acids is 1. The summed E-state index contributed by atoms with van der Waals surface area (Å²) in [5, 5.41) is 0. The first kappa shape index (κ1) is 8.22. The van der Waals surface area contributed by atoms with Crippen LogP contribution in [0, 0.1) is 5.92 Å². The van der Waals surface area contributed by atoms with Gasteiger partial charge in [-0.15, -0.1) is 0 Å². The van der Waals surface area contributed by atoms with E-state index in [1.165, 1.54) is 17.5 Å². The van der Waals surface area contributed by atoms with E-state index in [9.17, 15) is 4.79 Å². The molecule has 2 unspecified atom stereocenters. The molecule has 0 saturated heterocycles. The lowest BCUT2D eigenvalue weighted by molar-refractivity contribution is -0.124. The molecule has 0 aliphatic heterocycles. The predicted octanol–water partition coefficient (Wildman–Crippen LogP) is 2.70. The van der Waals surface area contributed by atoms with Crippen LogP contribution in [-0.4, -0.2) is 5.78 Å². The maximum atomic E-state index is 11.7. The molecule has 0 amide bonds. The van der Waals surface area contributed by atoms with Crippen LogP contribution in [-0.2, 0) is 11.2 Å². The van der Waals surface area contributed by atoms with Gasteiger partial charge >= 0.3 is 0 Å². The van der Waals surface area contributed by atoms with Crippen LogP contribution < -0.4 is 0 Å². The zero-order valence-electron chi connectivity index (χ0n) is 8.20. The number of ketones is 1. The number of fused-ring (bicyclic) bond motifs is 2. The van der Waals surface area contributed by atoms with Gasteiger partial charge in [0.05, 0.1) is 0 Å². The van der Waals surface area contributed by atoms with E-state index >= 15 is 0 Å². The van der Waals surface area contributed by atoms with Crippen molar-refractivity contribution in [1.29, 1.82) is 0 Å². The molecule has 2 atom stereocenters. The highest BCUT2D eigenvalue weighted by atomic mass is 16.1. The Labute approximate surface area is 84.1 Å². The maximum absolute atomic E-state index is 11.7. The molecule has 3 aliphatic carbocycles. The quantitative estimate of drug-likeness (QED) is 0.609. The fourth-order valence-electron chi connectivity index (χ4n) is 2.94. The number of rotatable bonds is 0. The number of carbonyl (C=O) groups is 1. The molecule has 1 heteroatoms. The minimum atomic E-state index is 0.329. The van der Waals surface area contributed by atoms with Crippen molar-refractivity contribution in [1.82, 2.24) is 0 Å². The summed E-state index contributed by atoms with van der Waals surface area (Å²) >= 11 is 0. The van der Waals surface area contributed by atoms with Gasteiger partial charge in [-0.25, -0.2) is 0 Å². The number of benzene rings is 1. The van der Waals surface area contributed by atoms with Crippen LogP contribution >= 0.6 is 0 Å². The van der Waals surface area contributed by atoms with Gasteiger partial charge in [0.15, 0.2) is 0 Å². The van der Waals surface area contributed by atoms with E-state index in [0.29, 0.717) is 17.6 Å². The fourth-order valence-corrected chi connectivity index (χ4v) is 2.94. The Balaban J connectivity index is 2.12. The first-order chi connectivity index (χ1) is 6.84. The SMILES string of the molecule is O=C1CC2CCC1Cc1ccccc12.